The molecule has 0 unspecified atom stereocenters. The number of anilines is 1. The van der Waals surface area contributed by atoms with E-state index in [1.54, 1.807) is 25.1 Å². The molecule has 4 rings (SSSR count). The number of rotatable bonds is 10. The number of halogens is 2. The highest BCUT2D eigenvalue weighted by Crippen LogP contribution is 2.31. The van der Waals surface area contributed by atoms with Crippen molar-refractivity contribution in [3.8, 4) is 0 Å². The van der Waals surface area contributed by atoms with Crippen molar-refractivity contribution in [3.63, 3.8) is 0 Å². The molecule has 0 bridgehead atoms. The Hall–Kier alpha value is -3.07. The lowest BCUT2D eigenvalue weighted by molar-refractivity contribution is -0.139. The Balaban J connectivity index is 1.67. The molecule has 10 heteroatoms. The van der Waals surface area contributed by atoms with Crippen LogP contribution < -0.4 is 9.62 Å². The normalized spacial score (nSPS) is 14.8. The lowest BCUT2D eigenvalue weighted by atomic mass is 9.95. The van der Waals surface area contributed by atoms with Crippen LogP contribution in [-0.4, -0.2) is 43.8 Å². The summed E-state index contributed by atoms with van der Waals surface area (Å²) in [6.45, 7) is 1.27. The van der Waals surface area contributed by atoms with E-state index in [4.69, 9.17) is 23.2 Å². The maximum atomic E-state index is 14.0. The number of benzene rings is 3. The summed E-state index contributed by atoms with van der Waals surface area (Å²) in [6, 6.07) is 20.8. The number of carbonyl (C=O) groups excluding carboxylic acids is 2. The zero-order chi connectivity index (χ0) is 28.7. The van der Waals surface area contributed by atoms with Crippen LogP contribution in [0.1, 0.15) is 44.6 Å². The Bertz CT molecular complexity index is 1420. The van der Waals surface area contributed by atoms with Crippen LogP contribution in [0.2, 0.25) is 10.0 Å². The van der Waals surface area contributed by atoms with Crippen LogP contribution in [0.5, 0.6) is 0 Å². The van der Waals surface area contributed by atoms with Crippen molar-refractivity contribution in [1.29, 1.82) is 0 Å². The van der Waals surface area contributed by atoms with Gasteiger partial charge in [-0.15, -0.1) is 0 Å². The molecular weight excluding hydrogens is 569 g/mol. The number of amides is 2. The number of nitrogens with one attached hydrogen (secondary N) is 1. The lowest BCUT2D eigenvalue weighted by Gasteiger charge is -2.33. The number of carbonyl (C=O) groups is 2. The highest BCUT2D eigenvalue weighted by atomic mass is 35.5. The average Bonchev–Trinajstić information content (AvgIpc) is 2.97. The minimum absolute atomic E-state index is 0.0200. The molecule has 1 atom stereocenters. The van der Waals surface area contributed by atoms with Crippen LogP contribution in [0.4, 0.5) is 5.69 Å². The van der Waals surface area contributed by atoms with Gasteiger partial charge in [0.2, 0.25) is 11.8 Å². The molecule has 1 fully saturated rings. The van der Waals surface area contributed by atoms with E-state index < -0.39 is 28.5 Å². The first-order valence-electron chi connectivity index (χ1n) is 13.3. The summed E-state index contributed by atoms with van der Waals surface area (Å²) in [7, 11) is -4.17. The maximum Gasteiger partial charge on any atom is 0.264 e. The van der Waals surface area contributed by atoms with Gasteiger partial charge in [0.25, 0.3) is 10.0 Å². The Morgan fingerprint density at radius 3 is 2.15 bits per heavy atom. The van der Waals surface area contributed by atoms with Gasteiger partial charge < -0.3 is 10.2 Å². The highest BCUT2D eigenvalue weighted by molar-refractivity contribution is 7.92. The van der Waals surface area contributed by atoms with E-state index in [1.807, 2.05) is 30.3 Å². The van der Waals surface area contributed by atoms with Crippen molar-refractivity contribution in [2.45, 2.75) is 62.6 Å². The Labute approximate surface area is 246 Å². The van der Waals surface area contributed by atoms with E-state index in [2.05, 4.69) is 5.32 Å². The van der Waals surface area contributed by atoms with Crippen molar-refractivity contribution < 1.29 is 18.0 Å². The molecule has 1 aliphatic carbocycles. The summed E-state index contributed by atoms with van der Waals surface area (Å²) < 4.78 is 28.6. The lowest BCUT2D eigenvalue weighted by Crippen LogP contribution is -2.53. The van der Waals surface area contributed by atoms with Crippen LogP contribution in [-0.2, 0) is 26.2 Å². The predicted octanol–water partition coefficient (Wildman–Crippen LogP) is 6.05. The fourth-order valence-electron chi connectivity index (χ4n) is 4.82. The minimum Gasteiger partial charge on any atom is -0.352 e. The van der Waals surface area contributed by atoms with Crippen LogP contribution in [0.15, 0.2) is 83.8 Å². The number of sulfonamides is 1. The second-order valence-electron chi connectivity index (χ2n) is 9.95. The van der Waals surface area contributed by atoms with E-state index in [0.29, 0.717) is 0 Å². The maximum absolute atomic E-state index is 14.0. The molecule has 212 valence electrons. The Kier molecular flexibility index (Phi) is 10.1. The van der Waals surface area contributed by atoms with E-state index in [0.717, 1.165) is 42.0 Å². The predicted molar refractivity (Wildman–Crippen MR) is 159 cm³/mol. The molecule has 1 aliphatic rings. The summed E-state index contributed by atoms with van der Waals surface area (Å²) in [4.78, 5) is 28.8. The molecule has 2 amide bonds. The fourth-order valence-corrected chi connectivity index (χ4v) is 6.54. The first kappa shape index (κ1) is 29.9. The van der Waals surface area contributed by atoms with Crippen LogP contribution in [0.3, 0.4) is 0 Å². The fraction of sp³-hybridized carbons (Fsp3) is 0.333. The van der Waals surface area contributed by atoms with Crippen molar-refractivity contribution >= 4 is 50.7 Å². The highest BCUT2D eigenvalue weighted by Gasteiger charge is 2.33. The Morgan fingerprint density at radius 2 is 1.52 bits per heavy atom. The molecule has 0 saturated heterocycles. The first-order chi connectivity index (χ1) is 19.2. The molecule has 3 aromatic carbocycles. The number of hydrogen-bond acceptors (Lipinski definition) is 4. The van der Waals surface area contributed by atoms with Gasteiger partial charge in [-0.25, -0.2) is 8.42 Å². The number of nitrogens with zero attached hydrogens (tertiary/aromatic N) is 2. The minimum atomic E-state index is -4.17. The second-order valence-corrected chi connectivity index (χ2v) is 12.6. The van der Waals surface area contributed by atoms with Crippen molar-refractivity contribution in [1.82, 2.24) is 10.2 Å². The largest absolute Gasteiger partial charge is 0.352 e. The second kappa shape index (κ2) is 13.5. The van der Waals surface area contributed by atoms with E-state index in [1.165, 1.54) is 35.2 Å². The zero-order valence-electron chi connectivity index (χ0n) is 22.3. The molecule has 1 saturated carbocycles. The van der Waals surface area contributed by atoms with Gasteiger partial charge in [-0.05, 0) is 55.7 Å². The molecular formula is C30H33Cl2N3O4S. The zero-order valence-corrected chi connectivity index (χ0v) is 24.6. The Morgan fingerprint density at radius 1 is 0.900 bits per heavy atom. The van der Waals surface area contributed by atoms with E-state index >= 15 is 0 Å². The third-order valence-corrected chi connectivity index (χ3v) is 9.64. The summed E-state index contributed by atoms with van der Waals surface area (Å²) >= 11 is 12.3. The van der Waals surface area contributed by atoms with Gasteiger partial charge in [-0.2, -0.15) is 0 Å². The van der Waals surface area contributed by atoms with Crippen molar-refractivity contribution in [3.05, 3.63) is 94.5 Å². The topological polar surface area (TPSA) is 86.8 Å². The summed E-state index contributed by atoms with van der Waals surface area (Å²) in [5.74, 6) is -0.788. The van der Waals surface area contributed by atoms with Crippen molar-refractivity contribution in [2.75, 3.05) is 10.8 Å². The van der Waals surface area contributed by atoms with Gasteiger partial charge in [0.15, 0.2) is 0 Å². The third-order valence-electron chi connectivity index (χ3n) is 7.12. The molecule has 0 radical (unpaired) electrons. The van der Waals surface area contributed by atoms with Crippen LogP contribution in [0.25, 0.3) is 0 Å². The molecule has 0 aromatic heterocycles. The van der Waals surface area contributed by atoms with Gasteiger partial charge in [0.05, 0.1) is 20.6 Å². The van der Waals surface area contributed by atoms with Gasteiger partial charge >= 0.3 is 0 Å². The molecule has 0 heterocycles. The van der Waals surface area contributed by atoms with E-state index in [-0.39, 0.29) is 39.1 Å². The van der Waals surface area contributed by atoms with Gasteiger partial charge in [0, 0.05) is 12.6 Å². The quantitative estimate of drug-likeness (QED) is 0.306. The third kappa shape index (κ3) is 7.36. The van der Waals surface area contributed by atoms with E-state index in [9.17, 15) is 18.0 Å². The van der Waals surface area contributed by atoms with Crippen LogP contribution >= 0.6 is 23.2 Å². The average molecular weight is 603 g/mol. The van der Waals surface area contributed by atoms with Gasteiger partial charge in [-0.3, -0.25) is 13.9 Å². The van der Waals surface area contributed by atoms with Gasteiger partial charge in [-0.1, -0.05) is 91.0 Å². The SMILES string of the molecule is C[C@@H](C(=O)NC1CCCCC1)N(Cc1ccccc1)C(=O)CN(c1ccc(Cl)c(Cl)c1)S(=O)(=O)c1ccccc1. The standard InChI is InChI=1S/C30H33Cl2N3O4S/c1-22(30(37)33-24-13-7-3-8-14-24)34(20-23-11-5-2-6-12-23)29(36)21-35(25-17-18-27(31)28(32)19-25)40(38,39)26-15-9-4-10-16-26/h2,4-6,9-12,15-19,22,24H,3,7-8,13-14,20-21H2,1H3,(H,33,37)/t22-/m0/s1. The summed E-state index contributed by atoms with van der Waals surface area (Å²) in [5, 5.41) is 3.51. The first-order valence-corrected chi connectivity index (χ1v) is 15.5. The van der Waals surface area contributed by atoms with Crippen LogP contribution in [0, 0.1) is 0 Å². The molecule has 0 spiro atoms. The summed E-state index contributed by atoms with van der Waals surface area (Å²) in [6.07, 6.45) is 5.09. The molecule has 0 aliphatic heterocycles. The monoisotopic (exact) mass is 601 g/mol. The van der Waals surface area contributed by atoms with Crippen molar-refractivity contribution in [2.24, 2.45) is 0 Å². The molecule has 40 heavy (non-hydrogen) atoms. The molecule has 1 N–H and O–H groups in total. The molecule has 7 nitrogen and oxygen atoms in total. The molecule has 3 aromatic rings. The number of hydrogen-bond donors (Lipinski definition) is 1. The summed E-state index contributed by atoms with van der Waals surface area (Å²) in [5.41, 5.74) is 1.01. The van der Waals surface area contributed by atoms with Gasteiger partial charge in [0.1, 0.15) is 12.6 Å². The smallest absolute Gasteiger partial charge is 0.264 e.